The Hall–Kier alpha value is -1.24. The third kappa shape index (κ3) is 2.09. The molecular formula is C13H12N2OS3. The van der Waals surface area contributed by atoms with E-state index in [0.717, 1.165) is 25.5 Å². The summed E-state index contributed by atoms with van der Waals surface area (Å²) < 4.78 is 2.13. The SMILES string of the molecule is Cc1sc2[nH]c(=S)n(Cc3cccs3)c(=O)c2c1C. The maximum atomic E-state index is 12.6. The Kier molecular flexibility index (Phi) is 3.16. The van der Waals surface area contributed by atoms with Gasteiger partial charge in [-0.15, -0.1) is 22.7 Å². The number of aryl methyl sites for hydroxylation is 2. The van der Waals surface area contributed by atoms with E-state index in [9.17, 15) is 4.79 Å². The average Bonchev–Trinajstić information content (AvgIpc) is 2.95. The molecule has 0 unspecified atom stereocenters. The Balaban J connectivity index is 2.28. The zero-order valence-electron chi connectivity index (χ0n) is 10.5. The number of aromatic amines is 1. The summed E-state index contributed by atoms with van der Waals surface area (Å²) in [5, 5.41) is 2.78. The van der Waals surface area contributed by atoms with Crippen LogP contribution in [0.1, 0.15) is 15.3 Å². The van der Waals surface area contributed by atoms with Crippen molar-refractivity contribution in [2.24, 2.45) is 0 Å². The summed E-state index contributed by atoms with van der Waals surface area (Å²) in [5.74, 6) is 0. The van der Waals surface area contributed by atoms with Crippen LogP contribution >= 0.6 is 34.9 Å². The van der Waals surface area contributed by atoms with E-state index in [1.165, 1.54) is 0 Å². The number of aromatic nitrogens is 2. The van der Waals surface area contributed by atoms with E-state index >= 15 is 0 Å². The van der Waals surface area contributed by atoms with Crippen LogP contribution in [0.2, 0.25) is 0 Å². The van der Waals surface area contributed by atoms with Gasteiger partial charge in [0.1, 0.15) is 4.83 Å². The number of hydrogen-bond acceptors (Lipinski definition) is 4. The fourth-order valence-electron chi connectivity index (χ4n) is 2.07. The molecule has 0 aliphatic carbocycles. The summed E-state index contributed by atoms with van der Waals surface area (Å²) in [6.45, 7) is 4.55. The minimum absolute atomic E-state index is 0.00833. The lowest BCUT2D eigenvalue weighted by molar-refractivity contribution is 0.744. The molecule has 0 atom stereocenters. The number of nitrogens with one attached hydrogen (secondary N) is 1. The van der Waals surface area contributed by atoms with Crippen LogP contribution in [0.3, 0.4) is 0 Å². The van der Waals surface area contributed by atoms with E-state index in [4.69, 9.17) is 12.2 Å². The topological polar surface area (TPSA) is 37.8 Å². The molecule has 3 aromatic heterocycles. The minimum atomic E-state index is 0.00833. The highest BCUT2D eigenvalue weighted by molar-refractivity contribution is 7.71. The monoisotopic (exact) mass is 308 g/mol. The zero-order chi connectivity index (χ0) is 13.6. The molecule has 0 fully saturated rings. The number of H-pyrrole nitrogens is 1. The first-order valence-electron chi connectivity index (χ1n) is 5.83. The van der Waals surface area contributed by atoms with Gasteiger partial charge in [0.05, 0.1) is 11.9 Å². The zero-order valence-corrected chi connectivity index (χ0v) is 13.0. The smallest absolute Gasteiger partial charge is 0.263 e. The number of nitrogens with zero attached hydrogens (tertiary/aromatic N) is 1. The molecule has 0 spiro atoms. The lowest BCUT2D eigenvalue weighted by Crippen LogP contribution is -2.22. The van der Waals surface area contributed by atoms with Gasteiger partial charge in [-0.05, 0) is 43.1 Å². The van der Waals surface area contributed by atoms with Crippen LogP contribution in [0, 0.1) is 18.6 Å². The third-order valence-corrected chi connectivity index (χ3v) is 5.51. The molecule has 0 aromatic carbocycles. The summed E-state index contributed by atoms with van der Waals surface area (Å²) in [6, 6.07) is 4.00. The molecule has 3 rings (SSSR count). The lowest BCUT2D eigenvalue weighted by Gasteiger charge is -2.05. The second-order valence-electron chi connectivity index (χ2n) is 4.39. The standard InChI is InChI=1S/C13H12N2OS3/c1-7-8(2)19-11-10(7)12(16)15(13(17)14-11)6-9-4-3-5-18-9/h3-5H,6H2,1-2H3,(H,14,17). The predicted octanol–water partition coefficient (Wildman–Crippen LogP) is 3.85. The van der Waals surface area contributed by atoms with Gasteiger partial charge >= 0.3 is 0 Å². The van der Waals surface area contributed by atoms with Gasteiger partial charge in [0.2, 0.25) is 0 Å². The molecule has 0 aliphatic rings. The van der Waals surface area contributed by atoms with Gasteiger partial charge in [-0.25, -0.2) is 0 Å². The highest BCUT2D eigenvalue weighted by Gasteiger charge is 2.13. The van der Waals surface area contributed by atoms with Crippen molar-refractivity contribution in [2.75, 3.05) is 0 Å². The normalized spacial score (nSPS) is 11.3. The Morgan fingerprint density at radius 1 is 1.42 bits per heavy atom. The molecule has 1 N–H and O–H groups in total. The van der Waals surface area contributed by atoms with Crippen molar-refractivity contribution in [3.8, 4) is 0 Å². The van der Waals surface area contributed by atoms with Crippen LogP contribution in [0.15, 0.2) is 22.3 Å². The molecule has 6 heteroatoms. The van der Waals surface area contributed by atoms with Gasteiger partial charge in [-0.2, -0.15) is 0 Å². The van der Waals surface area contributed by atoms with Crippen molar-refractivity contribution in [3.05, 3.63) is 48.0 Å². The van der Waals surface area contributed by atoms with E-state index in [2.05, 4.69) is 4.98 Å². The van der Waals surface area contributed by atoms with E-state index in [1.54, 1.807) is 27.2 Å². The molecule has 0 bridgehead atoms. The molecule has 0 saturated carbocycles. The number of hydrogen-bond donors (Lipinski definition) is 1. The van der Waals surface area contributed by atoms with Crippen molar-refractivity contribution < 1.29 is 0 Å². The van der Waals surface area contributed by atoms with Crippen molar-refractivity contribution >= 4 is 45.1 Å². The molecule has 3 heterocycles. The molecule has 19 heavy (non-hydrogen) atoms. The van der Waals surface area contributed by atoms with Crippen molar-refractivity contribution in [2.45, 2.75) is 20.4 Å². The summed E-state index contributed by atoms with van der Waals surface area (Å²) in [6.07, 6.45) is 0. The summed E-state index contributed by atoms with van der Waals surface area (Å²) in [5.41, 5.74) is 1.06. The first-order valence-corrected chi connectivity index (χ1v) is 7.93. The number of fused-ring (bicyclic) bond motifs is 1. The first-order chi connectivity index (χ1) is 9.08. The minimum Gasteiger partial charge on any atom is -0.323 e. The number of thiophene rings is 2. The highest BCUT2D eigenvalue weighted by atomic mass is 32.1. The van der Waals surface area contributed by atoms with Gasteiger partial charge in [0.15, 0.2) is 4.77 Å². The third-order valence-electron chi connectivity index (χ3n) is 3.20. The second kappa shape index (κ2) is 4.70. The van der Waals surface area contributed by atoms with Crippen LogP contribution in [-0.2, 0) is 6.54 Å². The summed E-state index contributed by atoms with van der Waals surface area (Å²) >= 11 is 8.53. The van der Waals surface area contributed by atoms with Crippen LogP contribution < -0.4 is 5.56 Å². The van der Waals surface area contributed by atoms with E-state index in [1.807, 2.05) is 31.4 Å². The highest BCUT2D eigenvalue weighted by Crippen LogP contribution is 2.25. The van der Waals surface area contributed by atoms with Gasteiger partial charge in [0, 0.05) is 9.75 Å². The fourth-order valence-corrected chi connectivity index (χ4v) is 4.12. The van der Waals surface area contributed by atoms with Crippen LogP contribution in [0.4, 0.5) is 0 Å². The van der Waals surface area contributed by atoms with Crippen molar-refractivity contribution in [1.29, 1.82) is 0 Å². The summed E-state index contributed by atoms with van der Waals surface area (Å²) in [4.78, 5) is 18.9. The molecule has 3 nitrogen and oxygen atoms in total. The van der Waals surface area contributed by atoms with Gasteiger partial charge in [-0.1, -0.05) is 6.07 Å². The van der Waals surface area contributed by atoms with E-state index < -0.39 is 0 Å². The van der Waals surface area contributed by atoms with Crippen molar-refractivity contribution in [3.63, 3.8) is 0 Å². The molecule has 0 radical (unpaired) electrons. The molecule has 0 saturated heterocycles. The molecule has 0 amide bonds. The van der Waals surface area contributed by atoms with Crippen LogP contribution in [-0.4, -0.2) is 9.55 Å². The second-order valence-corrected chi connectivity index (χ2v) is 7.03. The van der Waals surface area contributed by atoms with Crippen LogP contribution in [0.25, 0.3) is 10.2 Å². The Morgan fingerprint density at radius 2 is 2.21 bits per heavy atom. The largest absolute Gasteiger partial charge is 0.323 e. The quantitative estimate of drug-likeness (QED) is 0.730. The molecule has 0 aliphatic heterocycles. The van der Waals surface area contributed by atoms with E-state index in [-0.39, 0.29) is 5.56 Å². The maximum Gasteiger partial charge on any atom is 0.263 e. The Labute approximate surface area is 123 Å². The Morgan fingerprint density at radius 3 is 2.89 bits per heavy atom. The molecule has 3 aromatic rings. The lowest BCUT2D eigenvalue weighted by atomic mass is 10.2. The first kappa shape index (κ1) is 12.8. The maximum absolute atomic E-state index is 12.6. The predicted molar refractivity (Wildman–Crippen MR) is 84.2 cm³/mol. The van der Waals surface area contributed by atoms with Gasteiger partial charge in [-0.3, -0.25) is 9.36 Å². The van der Waals surface area contributed by atoms with Crippen LogP contribution in [0.5, 0.6) is 0 Å². The van der Waals surface area contributed by atoms with Crippen molar-refractivity contribution in [1.82, 2.24) is 9.55 Å². The fraction of sp³-hybridized carbons (Fsp3) is 0.231. The van der Waals surface area contributed by atoms with E-state index in [0.29, 0.717) is 11.3 Å². The molecule has 98 valence electrons. The summed E-state index contributed by atoms with van der Waals surface area (Å²) in [7, 11) is 0. The number of rotatable bonds is 2. The van der Waals surface area contributed by atoms with Gasteiger partial charge < -0.3 is 4.98 Å². The molecular weight excluding hydrogens is 296 g/mol. The Bertz CT molecular complexity index is 853. The average molecular weight is 308 g/mol. The van der Waals surface area contributed by atoms with Gasteiger partial charge in [0.25, 0.3) is 5.56 Å².